The number of ether oxygens (including phenoxy) is 2. The van der Waals surface area contributed by atoms with Gasteiger partial charge in [-0.15, -0.1) is 10.2 Å². The van der Waals surface area contributed by atoms with Gasteiger partial charge in [0.2, 0.25) is 5.91 Å². The van der Waals surface area contributed by atoms with Crippen molar-refractivity contribution in [2.24, 2.45) is 0 Å². The van der Waals surface area contributed by atoms with Crippen molar-refractivity contribution in [3.63, 3.8) is 0 Å². The minimum atomic E-state index is -0.363. The van der Waals surface area contributed by atoms with Crippen LogP contribution in [-0.2, 0) is 17.8 Å². The first kappa shape index (κ1) is 24.7. The number of benzene rings is 2. The van der Waals surface area contributed by atoms with E-state index in [9.17, 15) is 9.59 Å². The summed E-state index contributed by atoms with van der Waals surface area (Å²) in [6, 6.07) is 12.9. The first-order valence-corrected chi connectivity index (χ1v) is 12.2. The van der Waals surface area contributed by atoms with Gasteiger partial charge in [-0.1, -0.05) is 49.1 Å². The fourth-order valence-electron chi connectivity index (χ4n) is 4.14. The highest BCUT2D eigenvalue weighted by Gasteiger charge is 2.17. The van der Waals surface area contributed by atoms with Crippen LogP contribution in [0.25, 0.3) is 11.4 Å². The van der Waals surface area contributed by atoms with Crippen molar-refractivity contribution < 1.29 is 14.3 Å². The first-order chi connectivity index (χ1) is 17.0. The number of carbonyl (C=O) groups excluding carboxylic acids is 1. The summed E-state index contributed by atoms with van der Waals surface area (Å²) in [6.45, 7) is 0.287. The molecule has 1 amide bonds. The molecule has 0 unspecified atom stereocenters. The Kier molecular flexibility index (Phi) is 8.36. The zero-order valence-corrected chi connectivity index (χ0v) is 20.4. The maximum atomic E-state index is 12.6. The molecule has 2 N–H and O–H groups in total. The number of aryl methyl sites for hydroxylation is 1. The molecule has 35 heavy (non-hydrogen) atoms. The third-order valence-corrected chi connectivity index (χ3v) is 6.47. The molecule has 0 saturated heterocycles. The van der Waals surface area contributed by atoms with E-state index in [2.05, 4.69) is 20.5 Å². The van der Waals surface area contributed by atoms with Crippen LogP contribution in [0.3, 0.4) is 0 Å². The number of H-pyrrole nitrogens is 1. The summed E-state index contributed by atoms with van der Waals surface area (Å²) in [5, 5.41) is 11.9. The summed E-state index contributed by atoms with van der Waals surface area (Å²) in [5.41, 5.74) is 1.36. The Hall–Kier alpha value is -3.39. The highest BCUT2D eigenvalue weighted by molar-refractivity contribution is 6.31. The average Bonchev–Trinajstić information content (AvgIpc) is 2.88. The van der Waals surface area contributed by atoms with Crippen molar-refractivity contribution in [3.05, 3.63) is 69.1 Å². The number of aromatic amines is 1. The van der Waals surface area contributed by atoms with Gasteiger partial charge in [0.05, 0.1) is 7.11 Å². The van der Waals surface area contributed by atoms with Gasteiger partial charge in [0.15, 0.2) is 17.3 Å². The molecule has 1 aliphatic carbocycles. The van der Waals surface area contributed by atoms with Gasteiger partial charge in [0.25, 0.3) is 5.56 Å². The molecule has 3 aromatic rings. The number of amides is 1. The molecule has 1 saturated carbocycles. The van der Waals surface area contributed by atoms with Crippen LogP contribution in [0.15, 0.2) is 47.3 Å². The zero-order chi connectivity index (χ0) is 24.6. The molecular formula is C26H29ClN4O4. The smallest absolute Gasteiger partial charge is 0.273 e. The fourth-order valence-corrected chi connectivity index (χ4v) is 4.33. The van der Waals surface area contributed by atoms with Crippen LogP contribution in [0, 0.1) is 0 Å². The predicted octanol–water partition coefficient (Wildman–Crippen LogP) is 4.45. The van der Waals surface area contributed by atoms with Crippen molar-refractivity contribution in [2.75, 3.05) is 7.11 Å². The third-order valence-electron chi connectivity index (χ3n) is 6.10. The lowest BCUT2D eigenvalue weighted by Crippen LogP contribution is -2.36. The van der Waals surface area contributed by atoms with E-state index in [1.54, 1.807) is 18.2 Å². The number of halogens is 1. The monoisotopic (exact) mass is 496 g/mol. The van der Waals surface area contributed by atoms with Crippen LogP contribution in [-0.4, -0.2) is 34.2 Å². The van der Waals surface area contributed by atoms with E-state index >= 15 is 0 Å². The molecule has 0 aliphatic heterocycles. The SMILES string of the molecule is COc1cc(-c2nnc(CCC(=O)NC3CCCCC3)c(=O)[nH]2)ccc1OCc1ccccc1Cl. The molecule has 1 fully saturated rings. The number of hydrogen-bond acceptors (Lipinski definition) is 6. The van der Waals surface area contributed by atoms with Gasteiger partial charge < -0.3 is 19.8 Å². The molecular weight excluding hydrogens is 468 g/mol. The Balaban J connectivity index is 1.39. The van der Waals surface area contributed by atoms with E-state index in [-0.39, 0.29) is 42.7 Å². The van der Waals surface area contributed by atoms with Gasteiger partial charge in [0, 0.05) is 35.0 Å². The minimum Gasteiger partial charge on any atom is -0.493 e. The van der Waals surface area contributed by atoms with E-state index in [4.69, 9.17) is 21.1 Å². The summed E-state index contributed by atoms with van der Waals surface area (Å²) in [6.07, 6.45) is 6.02. The zero-order valence-electron chi connectivity index (χ0n) is 19.7. The molecule has 1 aromatic heterocycles. The lowest BCUT2D eigenvalue weighted by atomic mass is 9.95. The Morgan fingerprint density at radius 2 is 1.91 bits per heavy atom. The maximum Gasteiger partial charge on any atom is 0.273 e. The average molecular weight is 497 g/mol. The predicted molar refractivity (Wildman–Crippen MR) is 134 cm³/mol. The number of nitrogens with one attached hydrogen (secondary N) is 2. The van der Waals surface area contributed by atoms with Crippen molar-refractivity contribution in [1.82, 2.24) is 20.5 Å². The normalized spacial score (nSPS) is 13.9. The van der Waals surface area contributed by atoms with Gasteiger partial charge >= 0.3 is 0 Å². The Morgan fingerprint density at radius 1 is 1.11 bits per heavy atom. The van der Waals surface area contributed by atoms with Crippen LogP contribution in [0.1, 0.15) is 49.8 Å². The number of nitrogens with zero attached hydrogens (tertiary/aromatic N) is 2. The standard InChI is InChI=1S/C26H29ClN4O4/c1-34-23-15-17(11-13-22(23)35-16-18-7-5-6-10-20(18)27)25-29-26(33)21(30-31-25)12-14-24(32)28-19-8-3-2-4-9-19/h5-7,10-11,13,15,19H,2-4,8-9,12,14,16H2,1H3,(H,28,32)(H,29,31,33). The Morgan fingerprint density at radius 3 is 2.66 bits per heavy atom. The number of aromatic nitrogens is 3. The van der Waals surface area contributed by atoms with Gasteiger partial charge in [-0.2, -0.15) is 0 Å². The van der Waals surface area contributed by atoms with Crippen molar-refractivity contribution in [3.8, 4) is 22.9 Å². The summed E-state index contributed by atoms with van der Waals surface area (Å²) < 4.78 is 11.3. The summed E-state index contributed by atoms with van der Waals surface area (Å²) in [7, 11) is 1.54. The Bertz CT molecular complexity index is 1220. The van der Waals surface area contributed by atoms with E-state index in [0.29, 0.717) is 27.9 Å². The number of carbonyl (C=O) groups is 1. The molecule has 4 rings (SSSR count). The second kappa shape index (κ2) is 11.8. The summed E-state index contributed by atoms with van der Waals surface area (Å²) >= 11 is 6.20. The lowest BCUT2D eigenvalue weighted by molar-refractivity contribution is -0.122. The van der Waals surface area contributed by atoms with Crippen LogP contribution < -0.4 is 20.3 Å². The fraction of sp³-hybridized carbons (Fsp3) is 0.385. The van der Waals surface area contributed by atoms with E-state index in [1.807, 2.05) is 24.3 Å². The van der Waals surface area contributed by atoms with Gasteiger partial charge in [-0.3, -0.25) is 9.59 Å². The van der Waals surface area contributed by atoms with Crippen LogP contribution in [0.2, 0.25) is 5.02 Å². The number of methoxy groups -OCH3 is 1. The number of hydrogen-bond donors (Lipinski definition) is 2. The van der Waals surface area contributed by atoms with Gasteiger partial charge in [-0.05, 0) is 37.1 Å². The highest BCUT2D eigenvalue weighted by Crippen LogP contribution is 2.32. The number of rotatable bonds is 9. The minimum absolute atomic E-state index is 0.0562. The molecule has 0 bridgehead atoms. The molecule has 8 nitrogen and oxygen atoms in total. The largest absolute Gasteiger partial charge is 0.493 e. The van der Waals surface area contributed by atoms with Crippen molar-refractivity contribution in [1.29, 1.82) is 0 Å². The second-order valence-electron chi connectivity index (χ2n) is 8.60. The van der Waals surface area contributed by atoms with Gasteiger partial charge in [-0.25, -0.2) is 0 Å². The van der Waals surface area contributed by atoms with Gasteiger partial charge in [0.1, 0.15) is 12.3 Å². The van der Waals surface area contributed by atoms with E-state index in [1.165, 1.54) is 13.5 Å². The Labute approximate surface area is 209 Å². The molecule has 0 radical (unpaired) electrons. The molecule has 1 aliphatic rings. The molecule has 0 spiro atoms. The summed E-state index contributed by atoms with van der Waals surface area (Å²) in [4.78, 5) is 27.6. The molecule has 0 atom stereocenters. The van der Waals surface area contributed by atoms with Crippen LogP contribution in [0.5, 0.6) is 11.5 Å². The van der Waals surface area contributed by atoms with E-state index < -0.39 is 0 Å². The van der Waals surface area contributed by atoms with E-state index in [0.717, 1.165) is 31.2 Å². The highest BCUT2D eigenvalue weighted by atomic mass is 35.5. The topological polar surface area (TPSA) is 106 Å². The van der Waals surface area contributed by atoms with Crippen LogP contribution >= 0.6 is 11.6 Å². The van der Waals surface area contributed by atoms with Crippen molar-refractivity contribution in [2.45, 2.75) is 57.6 Å². The quantitative estimate of drug-likeness (QED) is 0.453. The third kappa shape index (κ3) is 6.60. The first-order valence-electron chi connectivity index (χ1n) is 11.8. The molecule has 184 valence electrons. The molecule has 2 aromatic carbocycles. The molecule has 1 heterocycles. The van der Waals surface area contributed by atoms with Crippen molar-refractivity contribution >= 4 is 17.5 Å². The lowest BCUT2D eigenvalue weighted by Gasteiger charge is -2.22. The summed E-state index contributed by atoms with van der Waals surface area (Å²) in [5.74, 6) is 1.27. The second-order valence-corrected chi connectivity index (χ2v) is 9.00. The molecule has 9 heteroatoms. The maximum absolute atomic E-state index is 12.6. The van der Waals surface area contributed by atoms with Crippen LogP contribution in [0.4, 0.5) is 0 Å².